The standard InChI is InChI=1S/C18H22ClN3O3/c1-11-15(12(2)25-21-11)9-22-7-6-16(17(23)10-22)20-18(24)13-4-3-5-14(19)8-13/h3-5,8,16-17,23H,6-7,9-10H2,1-2H3,(H,20,24)/t16-,17-/m1/s1. The van der Waals surface area contributed by atoms with E-state index in [4.69, 9.17) is 16.1 Å². The lowest BCUT2D eigenvalue weighted by molar-refractivity contribution is 0.0347. The molecule has 1 aliphatic heterocycles. The van der Waals surface area contributed by atoms with Crippen LogP contribution in [0.2, 0.25) is 5.02 Å². The Morgan fingerprint density at radius 2 is 2.28 bits per heavy atom. The molecular formula is C18H22ClN3O3. The van der Waals surface area contributed by atoms with Crippen LogP contribution in [0.25, 0.3) is 0 Å². The van der Waals surface area contributed by atoms with Gasteiger partial charge in [-0.3, -0.25) is 9.69 Å². The predicted molar refractivity (Wildman–Crippen MR) is 94.6 cm³/mol. The Bertz CT molecular complexity index is 742. The molecule has 1 aromatic heterocycles. The van der Waals surface area contributed by atoms with Gasteiger partial charge in [-0.05, 0) is 38.5 Å². The van der Waals surface area contributed by atoms with Gasteiger partial charge in [0.2, 0.25) is 0 Å². The molecule has 2 aromatic rings. The van der Waals surface area contributed by atoms with Gasteiger partial charge in [0.15, 0.2) is 0 Å². The molecule has 134 valence electrons. The van der Waals surface area contributed by atoms with Gasteiger partial charge in [-0.1, -0.05) is 22.8 Å². The van der Waals surface area contributed by atoms with Crippen LogP contribution in [0.5, 0.6) is 0 Å². The highest BCUT2D eigenvalue weighted by atomic mass is 35.5. The van der Waals surface area contributed by atoms with Crippen molar-refractivity contribution in [3.05, 3.63) is 51.9 Å². The highest BCUT2D eigenvalue weighted by Gasteiger charge is 2.30. The van der Waals surface area contributed by atoms with Crippen LogP contribution in [0.3, 0.4) is 0 Å². The maximum atomic E-state index is 12.3. The maximum Gasteiger partial charge on any atom is 0.251 e. The summed E-state index contributed by atoms with van der Waals surface area (Å²) in [6.07, 6.45) is 0.0500. The fraction of sp³-hybridized carbons (Fsp3) is 0.444. The number of likely N-dealkylation sites (tertiary alicyclic amines) is 1. The number of aliphatic hydroxyl groups is 1. The zero-order valence-electron chi connectivity index (χ0n) is 14.3. The molecule has 2 N–H and O–H groups in total. The number of aliphatic hydroxyl groups excluding tert-OH is 1. The molecular weight excluding hydrogens is 342 g/mol. The van der Waals surface area contributed by atoms with Crippen molar-refractivity contribution < 1.29 is 14.4 Å². The van der Waals surface area contributed by atoms with E-state index in [0.717, 1.165) is 23.6 Å². The number of benzene rings is 1. The number of rotatable bonds is 4. The Morgan fingerprint density at radius 1 is 1.48 bits per heavy atom. The van der Waals surface area contributed by atoms with Gasteiger partial charge in [-0.2, -0.15) is 0 Å². The molecule has 0 bridgehead atoms. The molecule has 0 aliphatic carbocycles. The van der Waals surface area contributed by atoms with Crippen molar-refractivity contribution in [2.24, 2.45) is 0 Å². The number of carbonyl (C=O) groups excluding carboxylic acids is 1. The number of carbonyl (C=O) groups is 1. The van der Waals surface area contributed by atoms with Crippen molar-refractivity contribution in [2.45, 2.75) is 39.0 Å². The summed E-state index contributed by atoms with van der Waals surface area (Å²) in [5, 5.41) is 17.8. The molecule has 1 fully saturated rings. The molecule has 7 heteroatoms. The smallest absolute Gasteiger partial charge is 0.251 e. The van der Waals surface area contributed by atoms with E-state index in [0.29, 0.717) is 30.1 Å². The topological polar surface area (TPSA) is 78.6 Å². The third kappa shape index (κ3) is 4.21. The summed E-state index contributed by atoms with van der Waals surface area (Å²) in [5.74, 6) is 0.592. The molecule has 1 amide bonds. The van der Waals surface area contributed by atoms with Crippen LogP contribution in [0.4, 0.5) is 0 Å². The number of β-amino-alcohol motifs (C(OH)–C–C–N with tert-alkyl or cyclic N) is 1. The fourth-order valence-electron chi connectivity index (χ4n) is 3.14. The molecule has 1 aliphatic rings. The summed E-state index contributed by atoms with van der Waals surface area (Å²) in [6.45, 7) is 5.77. The van der Waals surface area contributed by atoms with Gasteiger partial charge in [0.1, 0.15) is 5.76 Å². The van der Waals surface area contributed by atoms with Crippen LogP contribution in [0, 0.1) is 13.8 Å². The molecule has 1 aromatic carbocycles. The van der Waals surface area contributed by atoms with Crippen LogP contribution in [0.15, 0.2) is 28.8 Å². The van der Waals surface area contributed by atoms with Crippen LogP contribution in [0.1, 0.15) is 33.8 Å². The molecule has 25 heavy (non-hydrogen) atoms. The number of hydrogen-bond donors (Lipinski definition) is 2. The fourth-order valence-corrected chi connectivity index (χ4v) is 3.33. The second-order valence-electron chi connectivity index (χ2n) is 6.48. The molecule has 0 radical (unpaired) electrons. The number of aryl methyl sites for hydroxylation is 2. The number of nitrogens with one attached hydrogen (secondary N) is 1. The highest BCUT2D eigenvalue weighted by Crippen LogP contribution is 2.19. The minimum absolute atomic E-state index is 0.217. The lowest BCUT2D eigenvalue weighted by Gasteiger charge is -2.36. The first kappa shape index (κ1) is 17.9. The first-order valence-corrected chi connectivity index (χ1v) is 8.70. The largest absolute Gasteiger partial charge is 0.390 e. The average molecular weight is 364 g/mol. The third-order valence-electron chi connectivity index (χ3n) is 4.63. The maximum absolute atomic E-state index is 12.3. The summed E-state index contributed by atoms with van der Waals surface area (Å²) in [5.41, 5.74) is 2.44. The summed E-state index contributed by atoms with van der Waals surface area (Å²) in [7, 11) is 0. The Hall–Kier alpha value is -1.89. The molecule has 2 heterocycles. The predicted octanol–water partition coefficient (Wildman–Crippen LogP) is 2.31. The summed E-state index contributed by atoms with van der Waals surface area (Å²) < 4.78 is 5.19. The molecule has 0 spiro atoms. The summed E-state index contributed by atoms with van der Waals surface area (Å²) in [6, 6.07) is 6.52. The van der Waals surface area contributed by atoms with E-state index in [9.17, 15) is 9.90 Å². The third-order valence-corrected chi connectivity index (χ3v) is 4.87. The highest BCUT2D eigenvalue weighted by molar-refractivity contribution is 6.30. The number of hydrogen-bond acceptors (Lipinski definition) is 5. The molecule has 3 rings (SSSR count). The zero-order chi connectivity index (χ0) is 18.0. The number of nitrogens with zero attached hydrogens (tertiary/aromatic N) is 2. The Labute approximate surface area is 151 Å². The van der Waals surface area contributed by atoms with Gasteiger partial charge >= 0.3 is 0 Å². The van der Waals surface area contributed by atoms with Gasteiger partial charge in [-0.15, -0.1) is 0 Å². The quantitative estimate of drug-likeness (QED) is 0.871. The van der Waals surface area contributed by atoms with Gasteiger partial charge in [-0.25, -0.2) is 0 Å². The van der Waals surface area contributed by atoms with Crippen molar-refractivity contribution >= 4 is 17.5 Å². The lowest BCUT2D eigenvalue weighted by atomic mass is 10.0. The van der Waals surface area contributed by atoms with Crippen molar-refractivity contribution in [1.82, 2.24) is 15.4 Å². The monoisotopic (exact) mass is 363 g/mol. The Morgan fingerprint density at radius 3 is 2.92 bits per heavy atom. The average Bonchev–Trinajstić information content (AvgIpc) is 2.89. The molecule has 6 nitrogen and oxygen atoms in total. The second-order valence-corrected chi connectivity index (χ2v) is 6.92. The Kier molecular flexibility index (Phi) is 5.42. The number of aromatic nitrogens is 1. The van der Waals surface area contributed by atoms with E-state index in [-0.39, 0.29) is 11.9 Å². The van der Waals surface area contributed by atoms with E-state index < -0.39 is 6.10 Å². The molecule has 0 unspecified atom stereocenters. The number of piperidine rings is 1. The van der Waals surface area contributed by atoms with E-state index in [1.165, 1.54) is 0 Å². The zero-order valence-corrected chi connectivity index (χ0v) is 15.1. The first-order chi connectivity index (χ1) is 11.9. The van der Waals surface area contributed by atoms with Gasteiger partial charge in [0, 0.05) is 35.8 Å². The van der Waals surface area contributed by atoms with E-state index in [2.05, 4.69) is 15.4 Å². The van der Waals surface area contributed by atoms with E-state index in [1.807, 2.05) is 13.8 Å². The second kappa shape index (κ2) is 7.56. The van der Waals surface area contributed by atoms with Gasteiger partial charge < -0.3 is 14.9 Å². The molecule has 2 atom stereocenters. The lowest BCUT2D eigenvalue weighted by Crippen LogP contribution is -2.53. The van der Waals surface area contributed by atoms with Crippen LogP contribution in [-0.4, -0.2) is 46.3 Å². The number of halogens is 1. The van der Waals surface area contributed by atoms with Crippen molar-refractivity contribution in [2.75, 3.05) is 13.1 Å². The molecule has 1 saturated heterocycles. The number of amides is 1. The minimum Gasteiger partial charge on any atom is -0.390 e. The van der Waals surface area contributed by atoms with Gasteiger partial charge in [0.05, 0.1) is 17.8 Å². The SMILES string of the molecule is Cc1noc(C)c1CN1CC[C@@H](NC(=O)c2cccc(Cl)c2)[C@H](O)C1. The van der Waals surface area contributed by atoms with Crippen molar-refractivity contribution in [1.29, 1.82) is 0 Å². The van der Waals surface area contributed by atoms with Crippen molar-refractivity contribution in [3.63, 3.8) is 0 Å². The molecule has 0 saturated carbocycles. The summed E-state index contributed by atoms with van der Waals surface area (Å²) in [4.78, 5) is 14.5. The van der Waals surface area contributed by atoms with Crippen molar-refractivity contribution in [3.8, 4) is 0 Å². The van der Waals surface area contributed by atoms with E-state index >= 15 is 0 Å². The van der Waals surface area contributed by atoms with Crippen LogP contribution in [-0.2, 0) is 6.54 Å². The summed E-state index contributed by atoms with van der Waals surface area (Å²) >= 11 is 5.92. The van der Waals surface area contributed by atoms with Gasteiger partial charge in [0.25, 0.3) is 5.91 Å². The van der Waals surface area contributed by atoms with Crippen LogP contribution >= 0.6 is 11.6 Å². The Balaban J connectivity index is 1.57. The first-order valence-electron chi connectivity index (χ1n) is 8.32. The normalized spacial score (nSPS) is 21.3. The minimum atomic E-state index is -0.627. The van der Waals surface area contributed by atoms with E-state index in [1.54, 1.807) is 24.3 Å². The van der Waals surface area contributed by atoms with Crippen LogP contribution < -0.4 is 5.32 Å².